The fourth-order valence-electron chi connectivity index (χ4n) is 2.25. The summed E-state index contributed by atoms with van der Waals surface area (Å²) in [5.41, 5.74) is 0.488. The van der Waals surface area contributed by atoms with Gasteiger partial charge in [-0.25, -0.2) is 4.98 Å². The second kappa shape index (κ2) is 5.15. The van der Waals surface area contributed by atoms with Crippen LogP contribution in [0, 0.1) is 11.3 Å². The molecule has 1 saturated heterocycles. The van der Waals surface area contributed by atoms with Crippen LogP contribution in [-0.2, 0) is 0 Å². The van der Waals surface area contributed by atoms with E-state index in [-0.39, 0.29) is 0 Å². The number of aromatic nitrogens is 1. The SMILES string of the molecule is CN1CCC(N(C)c2cccc(C#N)n2)CC1. The molecule has 0 atom stereocenters. The number of likely N-dealkylation sites (tertiary alicyclic amines) is 1. The molecule has 4 nitrogen and oxygen atoms in total. The highest BCUT2D eigenvalue weighted by Crippen LogP contribution is 2.19. The molecule has 1 fully saturated rings. The standard InChI is InChI=1S/C13H18N4/c1-16-8-6-12(7-9-16)17(2)13-5-3-4-11(10-14)15-13/h3-5,12H,6-9H2,1-2H3. The van der Waals surface area contributed by atoms with Crippen molar-refractivity contribution in [2.24, 2.45) is 0 Å². The van der Waals surface area contributed by atoms with Gasteiger partial charge in [0.15, 0.2) is 0 Å². The van der Waals surface area contributed by atoms with Gasteiger partial charge in [0.2, 0.25) is 0 Å². The van der Waals surface area contributed by atoms with E-state index in [0.29, 0.717) is 11.7 Å². The van der Waals surface area contributed by atoms with Gasteiger partial charge in [-0.2, -0.15) is 5.26 Å². The summed E-state index contributed by atoms with van der Waals surface area (Å²) in [5, 5.41) is 8.85. The zero-order chi connectivity index (χ0) is 12.3. The summed E-state index contributed by atoms with van der Waals surface area (Å²) in [4.78, 5) is 8.89. The third-order valence-corrected chi connectivity index (χ3v) is 3.45. The highest BCUT2D eigenvalue weighted by atomic mass is 15.2. The lowest BCUT2D eigenvalue weighted by atomic mass is 10.0. The second-order valence-electron chi connectivity index (χ2n) is 4.64. The molecule has 4 heteroatoms. The fraction of sp³-hybridized carbons (Fsp3) is 0.538. The van der Waals surface area contributed by atoms with Crippen LogP contribution in [0.4, 0.5) is 5.82 Å². The minimum atomic E-state index is 0.488. The Morgan fingerprint density at radius 1 is 1.41 bits per heavy atom. The largest absolute Gasteiger partial charge is 0.357 e. The van der Waals surface area contributed by atoms with Crippen molar-refractivity contribution in [1.82, 2.24) is 9.88 Å². The lowest BCUT2D eigenvalue weighted by Crippen LogP contribution is -2.42. The molecule has 0 unspecified atom stereocenters. The van der Waals surface area contributed by atoms with Crippen molar-refractivity contribution in [2.45, 2.75) is 18.9 Å². The van der Waals surface area contributed by atoms with E-state index in [1.54, 1.807) is 6.07 Å². The van der Waals surface area contributed by atoms with Crippen LogP contribution in [0.15, 0.2) is 18.2 Å². The summed E-state index contributed by atoms with van der Waals surface area (Å²) in [6.45, 7) is 2.26. The summed E-state index contributed by atoms with van der Waals surface area (Å²) in [6, 6.07) is 8.23. The molecule has 2 rings (SSSR count). The normalized spacial score (nSPS) is 17.7. The molecule has 0 bridgehead atoms. The molecule has 2 heterocycles. The number of piperidine rings is 1. The van der Waals surface area contributed by atoms with Crippen LogP contribution in [-0.4, -0.2) is 43.1 Å². The van der Waals surface area contributed by atoms with E-state index < -0.39 is 0 Å². The smallest absolute Gasteiger partial charge is 0.142 e. The molecular formula is C13H18N4. The number of hydrogen-bond donors (Lipinski definition) is 0. The highest BCUT2D eigenvalue weighted by Gasteiger charge is 2.21. The number of rotatable bonds is 2. The van der Waals surface area contributed by atoms with Gasteiger partial charge in [-0.15, -0.1) is 0 Å². The van der Waals surface area contributed by atoms with Crippen molar-refractivity contribution >= 4 is 5.82 Å². The topological polar surface area (TPSA) is 43.2 Å². The second-order valence-corrected chi connectivity index (χ2v) is 4.64. The van der Waals surface area contributed by atoms with Gasteiger partial charge in [-0.3, -0.25) is 0 Å². The molecule has 0 N–H and O–H groups in total. The van der Waals surface area contributed by atoms with Crippen LogP contribution in [0.3, 0.4) is 0 Å². The lowest BCUT2D eigenvalue weighted by Gasteiger charge is -2.35. The first kappa shape index (κ1) is 11.9. The van der Waals surface area contributed by atoms with Crippen LogP contribution in [0.2, 0.25) is 0 Å². The van der Waals surface area contributed by atoms with Gasteiger partial charge in [0, 0.05) is 13.1 Å². The van der Waals surface area contributed by atoms with Crippen molar-refractivity contribution < 1.29 is 0 Å². The monoisotopic (exact) mass is 230 g/mol. The molecule has 0 aromatic carbocycles. The van der Waals surface area contributed by atoms with Crippen LogP contribution in [0.5, 0.6) is 0 Å². The quantitative estimate of drug-likeness (QED) is 0.772. The van der Waals surface area contributed by atoms with Gasteiger partial charge < -0.3 is 9.80 Å². The first-order chi connectivity index (χ1) is 8.20. The molecule has 1 aliphatic heterocycles. The molecule has 1 aliphatic rings. The van der Waals surface area contributed by atoms with E-state index in [1.807, 2.05) is 12.1 Å². The Morgan fingerprint density at radius 3 is 2.76 bits per heavy atom. The lowest BCUT2D eigenvalue weighted by molar-refractivity contribution is 0.252. The van der Waals surface area contributed by atoms with Gasteiger partial charge in [0.05, 0.1) is 0 Å². The zero-order valence-corrected chi connectivity index (χ0v) is 10.4. The van der Waals surface area contributed by atoms with E-state index >= 15 is 0 Å². The van der Waals surface area contributed by atoms with Crippen LogP contribution >= 0.6 is 0 Å². The van der Waals surface area contributed by atoms with Gasteiger partial charge >= 0.3 is 0 Å². The molecular weight excluding hydrogens is 212 g/mol. The maximum Gasteiger partial charge on any atom is 0.142 e. The molecule has 0 amide bonds. The first-order valence-corrected chi connectivity index (χ1v) is 5.99. The molecule has 17 heavy (non-hydrogen) atoms. The third-order valence-electron chi connectivity index (χ3n) is 3.45. The summed E-state index contributed by atoms with van der Waals surface area (Å²) < 4.78 is 0. The van der Waals surface area contributed by atoms with Crippen molar-refractivity contribution in [3.8, 4) is 6.07 Å². The summed E-state index contributed by atoms with van der Waals surface area (Å²) >= 11 is 0. The van der Waals surface area contributed by atoms with Gasteiger partial charge in [-0.05, 0) is 45.1 Å². The van der Waals surface area contributed by atoms with E-state index in [4.69, 9.17) is 5.26 Å². The minimum absolute atomic E-state index is 0.488. The number of nitriles is 1. The average molecular weight is 230 g/mol. The molecule has 0 radical (unpaired) electrons. The Bertz CT molecular complexity index is 416. The average Bonchev–Trinajstić information content (AvgIpc) is 2.39. The maximum absolute atomic E-state index is 8.85. The Morgan fingerprint density at radius 2 is 2.12 bits per heavy atom. The predicted octanol–water partition coefficient (Wildman–Crippen LogP) is 1.48. The van der Waals surface area contributed by atoms with Gasteiger partial charge in [0.1, 0.15) is 17.6 Å². The summed E-state index contributed by atoms with van der Waals surface area (Å²) in [5.74, 6) is 0.901. The number of hydrogen-bond acceptors (Lipinski definition) is 4. The van der Waals surface area contributed by atoms with E-state index in [9.17, 15) is 0 Å². The number of nitrogens with zero attached hydrogens (tertiary/aromatic N) is 4. The fourth-order valence-corrected chi connectivity index (χ4v) is 2.25. The predicted molar refractivity (Wildman–Crippen MR) is 67.9 cm³/mol. The van der Waals surface area contributed by atoms with E-state index in [0.717, 1.165) is 31.7 Å². The number of anilines is 1. The van der Waals surface area contributed by atoms with Gasteiger partial charge in [-0.1, -0.05) is 6.07 Å². The Kier molecular flexibility index (Phi) is 3.60. The van der Waals surface area contributed by atoms with Crippen molar-refractivity contribution in [1.29, 1.82) is 5.26 Å². The van der Waals surface area contributed by atoms with Crippen molar-refractivity contribution in [3.63, 3.8) is 0 Å². The third kappa shape index (κ3) is 2.75. The van der Waals surface area contributed by atoms with E-state index in [1.165, 1.54) is 0 Å². The molecule has 1 aromatic rings. The van der Waals surface area contributed by atoms with Crippen LogP contribution in [0.25, 0.3) is 0 Å². The number of pyridine rings is 1. The Balaban J connectivity index is 2.08. The Hall–Kier alpha value is -1.60. The van der Waals surface area contributed by atoms with Crippen LogP contribution < -0.4 is 4.90 Å². The zero-order valence-electron chi connectivity index (χ0n) is 10.4. The van der Waals surface area contributed by atoms with E-state index in [2.05, 4.69) is 34.9 Å². The molecule has 0 aliphatic carbocycles. The van der Waals surface area contributed by atoms with Crippen LogP contribution in [0.1, 0.15) is 18.5 Å². The van der Waals surface area contributed by atoms with Crippen molar-refractivity contribution in [3.05, 3.63) is 23.9 Å². The summed E-state index contributed by atoms with van der Waals surface area (Å²) in [6.07, 6.45) is 2.32. The first-order valence-electron chi connectivity index (χ1n) is 5.99. The molecule has 0 spiro atoms. The minimum Gasteiger partial charge on any atom is -0.357 e. The maximum atomic E-state index is 8.85. The Labute approximate surface area is 102 Å². The molecule has 0 saturated carbocycles. The molecule has 1 aromatic heterocycles. The summed E-state index contributed by atoms with van der Waals surface area (Å²) in [7, 11) is 4.23. The van der Waals surface area contributed by atoms with Gasteiger partial charge in [0.25, 0.3) is 0 Å². The highest BCUT2D eigenvalue weighted by molar-refractivity contribution is 5.41. The van der Waals surface area contributed by atoms with Crippen molar-refractivity contribution in [2.75, 3.05) is 32.1 Å². The molecule has 90 valence electrons.